The van der Waals surface area contributed by atoms with Crippen LogP contribution >= 0.6 is 11.8 Å². The standard InChI is InChI=1S/C33H46N2O10S/c1-18(29(41)35-23(30(42)43)11-14-46-4)34-26(39)7-8-27(40)45-17-25(38)33(44)13-10-22-21-6-5-19-15-20(36)9-12-31(19,2)28(21)24(37)16-32(22,33)3/h15,18,21-23,28,44H,5-14,16-17H2,1-4H3,(H,34,39)(H,35,41)(H,42,43)/t18-,21-,22-,23+,28+,31-,32-,33-/m0/s1. The van der Waals surface area contributed by atoms with Gasteiger partial charge in [0.05, 0.1) is 6.42 Å². The summed E-state index contributed by atoms with van der Waals surface area (Å²) in [5, 5.41) is 25.9. The lowest BCUT2D eigenvalue weighted by molar-refractivity contribution is -0.173. The summed E-state index contributed by atoms with van der Waals surface area (Å²) < 4.78 is 5.16. The first kappa shape index (κ1) is 35.8. The third kappa shape index (κ3) is 6.81. The molecule has 46 heavy (non-hydrogen) atoms. The Hall–Kier alpha value is -3.06. The normalized spacial score (nSPS) is 33.0. The lowest BCUT2D eigenvalue weighted by Crippen LogP contribution is -2.61. The average molecular weight is 663 g/mol. The predicted octanol–water partition coefficient (Wildman–Crippen LogP) is 2.15. The van der Waals surface area contributed by atoms with Gasteiger partial charge in [-0.05, 0) is 80.8 Å². The van der Waals surface area contributed by atoms with Crippen LogP contribution in [0.2, 0.25) is 0 Å². The zero-order valence-corrected chi connectivity index (χ0v) is 27.8. The summed E-state index contributed by atoms with van der Waals surface area (Å²) in [5.41, 5.74) is -2.21. The number of allylic oxidation sites excluding steroid dienone is 1. The fraction of sp³-hybridized carbons (Fsp3) is 0.727. The third-order valence-electron chi connectivity index (χ3n) is 11.2. The van der Waals surface area contributed by atoms with E-state index < -0.39 is 64.7 Å². The van der Waals surface area contributed by atoms with Crippen LogP contribution in [0.4, 0.5) is 0 Å². The van der Waals surface area contributed by atoms with Gasteiger partial charge in [-0.15, -0.1) is 0 Å². The average Bonchev–Trinajstić information content (AvgIpc) is 3.27. The smallest absolute Gasteiger partial charge is 0.326 e. The number of ether oxygens (including phenoxy) is 1. The third-order valence-corrected chi connectivity index (χ3v) is 11.8. The van der Waals surface area contributed by atoms with Crippen LogP contribution in [0.1, 0.15) is 85.0 Å². The second kappa shape index (κ2) is 14.0. The number of rotatable bonds is 13. The summed E-state index contributed by atoms with van der Waals surface area (Å²) >= 11 is 1.44. The monoisotopic (exact) mass is 662 g/mol. The van der Waals surface area contributed by atoms with Crippen LogP contribution in [0.15, 0.2) is 11.6 Å². The molecule has 0 aliphatic heterocycles. The molecule has 0 aromatic rings. The van der Waals surface area contributed by atoms with Crippen molar-refractivity contribution < 1.29 is 48.5 Å². The van der Waals surface area contributed by atoms with Crippen LogP contribution < -0.4 is 10.6 Å². The number of Topliss-reactive ketones (excluding diaryl/α,β-unsaturated/α-hetero) is 2. The molecule has 2 amide bonds. The lowest BCUT2D eigenvalue weighted by Gasteiger charge is -2.57. The summed E-state index contributed by atoms with van der Waals surface area (Å²) in [6.45, 7) is 4.57. The van der Waals surface area contributed by atoms with Gasteiger partial charge in [0.15, 0.2) is 12.4 Å². The molecule has 4 N–H and O–H groups in total. The highest BCUT2D eigenvalue weighted by Crippen LogP contribution is 2.66. The number of carbonyl (C=O) groups excluding carboxylic acids is 6. The van der Waals surface area contributed by atoms with Crippen LogP contribution in [0.25, 0.3) is 0 Å². The van der Waals surface area contributed by atoms with Crippen molar-refractivity contribution in [2.24, 2.45) is 28.6 Å². The van der Waals surface area contributed by atoms with Crippen molar-refractivity contribution in [2.75, 3.05) is 18.6 Å². The highest BCUT2D eigenvalue weighted by Gasteiger charge is 2.68. The number of carboxylic acids is 1. The predicted molar refractivity (Wildman–Crippen MR) is 167 cm³/mol. The summed E-state index contributed by atoms with van der Waals surface area (Å²) in [6, 6.07) is -2.13. The Morgan fingerprint density at radius 1 is 1.07 bits per heavy atom. The minimum absolute atomic E-state index is 0.00341. The van der Waals surface area contributed by atoms with Crippen molar-refractivity contribution >= 4 is 52.9 Å². The Balaban J connectivity index is 1.29. The fourth-order valence-corrected chi connectivity index (χ4v) is 9.04. The Morgan fingerprint density at radius 2 is 1.78 bits per heavy atom. The molecule has 0 saturated heterocycles. The maximum atomic E-state index is 13.8. The number of fused-ring (bicyclic) bond motifs is 5. The Labute approximate surface area is 273 Å². The molecule has 0 spiro atoms. The van der Waals surface area contributed by atoms with E-state index >= 15 is 0 Å². The number of thioether (sulfide) groups is 1. The van der Waals surface area contributed by atoms with Crippen LogP contribution in [0, 0.1) is 28.6 Å². The van der Waals surface area contributed by atoms with E-state index in [1.54, 1.807) is 13.0 Å². The Morgan fingerprint density at radius 3 is 2.46 bits per heavy atom. The van der Waals surface area contributed by atoms with Gasteiger partial charge in [-0.1, -0.05) is 19.4 Å². The quantitative estimate of drug-likeness (QED) is 0.211. The van der Waals surface area contributed by atoms with Crippen molar-refractivity contribution in [1.82, 2.24) is 10.6 Å². The molecule has 0 heterocycles. The first-order valence-electron chi connectivity index (χ1n) is 16.1. The molecule has 0 radical (unpaired) electrons. The van der Waals surface area contributed by atoms with Crippen molar-refractivity contribution in [3.05, 3.63) is 11.6 Å². The molecule has 13 heteroatoms. The van der Waals surface area contributed by atoms with E-state index in [9.17, 15) is 43.8 Å². The molecular weight excluding hydrogens is 616 g/mol. The second-order valence-corrected chi connectivity index (χ2v) is 14.8. The van der Waals surface area contributed by atoms with Crippen molar-refractivity contribution in [1.29, 1.82) is 0 Å². The number of nitrogens with one attached hydrogen (secondary N) is 2. The van der Waals surface area contributed by atoms with E-state index in [2.05, 4.69) is 17.6 Å². The van der Waals surface area contributed by atoms with Gasteiger partial charge in [0.25, 0.3) is 0 Å². The molecule has 0 bridgehead atoms. The molecular formula is C33H46N2O10S. The van der Waals surface area contributed by atoms with Gasteiger partial charge in [0.1, 0.15) is 23.5 Å². The SMILES string of the molecule is CSCC[C@@H](NC(=O)[C@H](C)NC(=O)CCC(=O)OCC(=O)[C@@]1(O)CC[C@H]2[C@@H]3CCC4=CC(=O)CC[C@]4(C)[C@H]3C(=O)C[C@@]21C)C(=O)O. The van der Waals surface area contributed by atoms with Crippen LogP contribution in [0.3, 0.4) is 0 Å². The number of carbonyl (C=O) groups is 7. The number of aliphatic carboxylic acids is 1. The van der Waals surface area contributed by atoms with Gasteiger partial charge < -0.3 is 25.6 Å². The maximum absolute atomic E-state index is 13.8. The first-order valence-corrected chi connectivity index (χ1v) is 17.5. The summed E-state index contributed by atoms with van der Waals surface area (Å²) in [7, 11) is 0. The number of ketones is 3. The van der Waals surface area contributed by atoms with Gasteiger partial charge in [-0.25, -0.2) is 4.79 Å². The van der Waals surface area contributed by atoms with Gasteiger partial charge in [0.2, 0.25) is 17.6 Å². The van der Waals surface area contributed by atoms with Gasteiger partial charge in [-0.2, -0.15) is 11.8 Å². The molecule has 8 atom stereocenters. The number of aliphatic hydroxyl groups is 1. The molecule has 0 aromatic carbocycles. The van der Waals surface area contributed by atoms with Crippen molar-refractivity contribution in [3.63, 3.8) is 0 Å². The van der Waals surface area contributed by atoms with Crippen molar-refractivity contribution in [2.45, 2.75) is 103 Å². The summed E-state index contributed by atoms with van der Waals surface area (Å²) in [5.74, 6) is -3.71. The van der Waals surface area contributed by atoms with Crippen molar-refractivity contribution in [3.8, 4) is 0 Å². The molecule has 0 unspecified atom stereocenters. The van der Waals surface area contributed by atoms with E-state index in [1.165, 1.54) is 18.7 Å². The Kier molecular flexibility index (Phi) is 10.9. The molecule has 0 aromatic heterocycles. The van der Waals surface area contributed by atoms with Gasteiger partial charge in [-0.3, -0.25) is 28.8 Å². The van der Waals surface area contributed by atoms with E-state index in [1.807, 2.05) is 6.26 Å². The fourth-order valence-electron chi connectivity index (χ4n) is 8.57. The van der Waals surface area contributed by atoms with E-state index in [4.69, 9.17) is 4.74 Å². The summed E-state index contributed by atoms with van der Waals surface area (Å²) in [6.07, 6.45) is 6.26. The minimum Gasteiger partial charge on any atom is -0.480 e. The minimum atomic E-state index is -1.85. The Bertz CT molecular complexity index is 1330. The number of esters is 1. The largest absolute Gasteiger partial charge is 0.480 e. The first-order chi connectivity index (χ1) is 21.6. The maximum Gasteiger partial charge on any atom is 0.326 e. The van der Waals surface area contributed by atoms with Crippen LogP contribution in [-0.4, -0.2) is 87.6 Å². The topological polar surface area (TPSA) is 193 Å². The second-order valence-electron chi connectivity index (χ2n) is 13.9. The molecule has 3 saturated carbocycles. The molecule has 12 nitrogen and oxygen atoms in total. The van der Waals surface area contributed by atoms with Crippen LogP contribution in [-0.2, 0) is 38.3 Å². The van der Waals surface area contributed by atoms with E-state index in [-0.39, 0.29) is 61.4 Å². The van der Waals surface area contributed by atoms with E-state index in [0.29, 0.717) is 37.9 Å². The van der Waals surface area contributed by atoms with Gasteiger partial charge >= 0.3 is 11.9 Å². The number of carboxylic acid groups (broad SMARTS) is 1. The van der Waals surface area contributed by atoms with E-state index in [0.717, 1.165) is 5.57 Å². The zero-order chi connectivity index (χ0) is 34.0. The molecule has 4 aliphatic rings. The number of hydrogen-bond acceptors (Lipinski definition) is 10. The molecule has 3 fully saturated rings. The molecule has 254 valence electrons. The van der Waals surface area contributed by atoms with Crippen LogP contribution in [0.5, 0.6) is 0 Å². The summed E-state index contributed by atoms with van der Waals surface area (Å²) in [4.78, 5) is 87.8. The highest BCUT2D eigenvalue weighted by molar-refractivity contribution is 7.98. The molecule has 4 aliphatic carbocycles. The highest BCUT2D eigenvalue weighted by atomic mass is 32.2. The zero-order valence-electron chi connectivity index (χ0n) is 27.0. The molecule has 4 rings (SSSR count). The lowest BCUT2D eigenvalue weighted by atomic mass is 9.46. The number of hydrogen-bond donors (Lipinski definition) is 4. The van der Waals surface area contributed by atoms with Gasteiger partial charge in [0, 0.05) is 30.6 Å². The number of amides is 2.